The van der Waals surface area contributed by atoms with Crippen LogP contribution in [0.25, 0.3) is 0 Å². The van der Waals surface area contributed by atoms with Gasteiger partial charge in [-0.15, -0.1) is 0 Å². The Morgan fingerprint density at radius 2 is 1.66 bits per heavy atom. The fourth-order valence-corrected chi connectivity index (χ4v) is 4.66. The molecule has 8 nitrogen and oxygen atoms in total. The molecule has 3 fully saturated rings. The maximum absolute atomic E-state index is 13.1. The average Bonchev–Trinajstić information content (AvgIpc) is 3.36. The maximum Gasteiger partial charge on any atom is 0.290 e. The van der Waals surface area contributed by atoms with Crippen LogP contribution in [0.3, 0.4) is 0 Å². The van der Waals surface area contributed by atoms with Gasteiger partial charge in [0.2, 0.25) is 11.8 Å². The molecular formula is C23H32FN3O5. The van der Waals surface area contributed by atoms with E-state index in [1.165, 1.54) is 12.1 Å². The smallest absolute Gasteiger partial charge is 0.290 e. The number of rotatable bonds is 4. The number of amides is 2. The van der Waals surface area contributed by atoms with E-state index < -0.39 is 0 Å². The SMILES string of the molecule is O=C(NC1CCC(C(=O)N2CCN(c3ccc(F)cc3)CC2)CC1)C1CCCO1.O=CO. The molecule has 4 rings (SSSR count). The largest absolute Gasteiger partial charge is 0.483 e. The molecule has 3 aliphatic rings. The third-order valence-corrected chi connectivity index (χ3v) is 6.43. The Bertz CT molecular complexity index is 753. The van der Waals surface area contributed by atoms with Gasteiger partial charge in [0.1, 0.15) is 11.9 Å². The van der Waals surface area contributed by atoms with Gasteiger partial charge in [0.25, 0.3) is 6.47 Å². The second kappa shape index (κ2) is 11.8. The Balaban J connectivity index is 0.000000913. The van der Waals surface area contributed by atoms with Crippen LogP contribution in [0.4, 0.5) is 10.1 Å². The van der Waals surface area contributed by atoms with E-state index in [2.05, 4.69) is 10.2 Å². The van der Waals surface area contributed by atoms with Gasteiger partial charge in [-0.3, -0.25) is 14.4 Å². The lowest BCUT2D eigenvalue weighted by atomic mass is 9.85. The summed E-state index contributed by atoms with van der Waals surface area (Å²) in [4.78, 5) is 37.7. The first-order chi connectivity index (χ1) is 15.5. The van der Waals surface area contributed by atoms with Crippen molar-refractivity contribution in [3.63, 3.8) is 0 Å². The first-order valence-corrected chi connectivity index (χ1v) is 11.3. The van der Waals surface area contributed by atoms with Gasteiger partial charge in [0, 0.05) is 50.4 Å². The standard InChI is InChI=1S/C22H30FN3O3.CH2O2/c23-17-5-9-19(10-6-17)25-11-13-26(14-12-25)22(28)16-3-7-18(8-4-16)24-21(27)20-2-1-15-29-20;2-1-3/h5-6,9-10,16,18,20H,1-4,7-8,11-15H2,(H,24,27);1H,(H,2,3). The quantitative estimate of drug-likeness (QED) is 0.683. The molecule has 1 atom stereocenters. The molecule has 2 heterocycles. The number of carbonyl (C=O) groups is 3. The second-order valence-corrected chi connectivity index (χ2v) is 8.45. The monoisotopic (exact) mass is 449 g/mol. The summed E-state index contributed by atoms with van der Waals surface area (Å²) in [7, 11) is 0. The second-order valence-electron chi connectivity index (χ2n) is 8.45. The normalized spacial score (nSPS) is 25.5. The molecule has 0 bridgehead atoms. The van der Waals surface area contributed by atoms with Crippen LogP contribution in [0, 0.1) is 11.7 Å². The molecule has 9 heteroatoms. The number of carboxylic acid groups (broad SMARTS) is 1. The zero-order valence-electron chi connectivity index (χ0n) is 18.2. The van der Waals surface area contributed by atoms with Crippen molar-refractivity contribution < 1.29 is 28.6 Å². The molecule has 2 N–H and O–H groups in total. The summed E-state index contributed by atoms with van der Waals surface area (Å²) in [6.07, 6.45) is 4.83. The highest BCUT2D eigenvalue weighted by Gasteiger charge is 2.33. The zero-order chi connectivity index (χ0) is 22.9. The highest BCUT2D eigenvalue weighted by Crippen LogP contribution is 2.27. The Hall–Kier alpha value is -2.68. The number of halogens is 1. The van der Waals surface area contributed by atoms with Crippen LogP contribution < -0.4 is 10.2 Å². The van der Waals surface area contributed by atoms with Crippen LogP contribution in [0.15, 0.2) is 24.3 Å². The molecule has 1 saturated carbocycles. The molecule has 176 valence electrons. The molecule has 32 heavy (non-hydrogen) atoms. The van der Waals surface area contributed by atoms with Crippen LogP contribution in [0.1, 0.15) is 38.5 Å². The molecule has 1 unspecified atom stereocenters. The van der Waals surface area contributed by atoms with Crippen molar-refractivity contribution in [3.8, 4) is 0 Å². The average molecular weight is 450 g/mol. The van der Waals surface area contributed by atoms with Crippen LogP contribution >= 0.6 is 0 Å². The third-order valence-electron chi connectivity index (χ3n) is 6.43. The molecule has 1 aromatic carbocycles. The molecule has 2 amide bonds. The number of anilines is 1. The summed E-state index contributed by atoms with van der Waals surface area (Å²) in [6, 6.07) is 6.69. The van der Waals surface area contributed by atoms with Gasteiger partial charge in [-0.05, 0) is 62.8 Å². The summed E-state index contributed by atoms with van der Waals surface area (Å²) in [6.45, 7) is 3.36. The number of nitrogens with one attached hydrogen (secondary N) is 1. The van der Waals surface area contributed by atoms with E-state index in [0.29, 0.717) is 19.7 Å². The molecule has 2 aliphatic heterocycles. The highest BCUT2D eigenvalue weighted by molar-refractivity contribution is 5.81. The van der Waals surface area contributed by atoms with Crippen LogP contribution in [0.5, 0.6) is 0 Å². The van der Waals surface area contributed by atoms with Crippen molar-refractivity contribution in [3.05, 3.63) is 30.1 Å². The van der Waals surface area contributed by atoms with E-state index in [9.17, 15) is 14.0 Å². The molecular weight excluding hydrogens is 417 g/mol. The minimum atomic E-state index is -0.285. The number of piperazine rings is 1. The molecule has 1 aromatic rings. The maximum atomic E-state index is 13.1. The van der Waals surface area contributed by atoms with E-state index in [1.807, 2.05) is 4.90 Å². The number of ether oxygens (including phenoxy) is 1. The Morgan fingerprint density at radius 3 is 2.22 bits per heavy atom. The summed E-state index contributed by atoms with van der Waals surface area (Å²) >= 11 is 0. The van der Waals surface area contributed by atoms with Gasteiger partial charge in [-0.1, -0.05) is 0 Å². The van der Waals surface area contributed by atoms with Crippen molar-refractivity contribution >= 4 is 24.0 Å². The van der Waals surface area contributed by atoms with Crippen molar-refractivity contribution in [2.24, 2.45) is 5.92 Å². The summed E-state index contributed by atoms with van der Waals surface area (Å²) < 4.78 is 18.5. The number of carbonyl (C=O) groups excluding carboxylic acids is 2. The first-order valence-electron chi connectivity index (χ1n) is 11.3. The van der Waals surface area contributed by atoms with Gasteiger partial charge in [0.15, 0.2) is 0 Å². The van der Waals surface area contributed by atoms with Crippen molar-refractivity contribution in [1.29, 1.82) is 0 Å². The predicted molar refractivity (Wildman–Crippen MR) is 117 cm³/mol. The highest BCUT2D eigenvalue weighted by atomic mass is 19.1. The van der Waals surface area contributed by atoms with E-state index >= 15 is 0 Å². The fourth-order valence-electron chi connectivity index (χ4n) is 4.66. The lowest BCUT2D eigenvalue weighted by Crippen LogP contribution is -2.51. The van der Waals surface area contributed by atoms with Gasteiger partial charge in [0.05, 0.1) is 0 Å². The van der Waals surface area contributed by atoms with Crippen molar-refractivity contribution in [2.75, 3.05) is 37.7 Å². The van der Waals surface area contributed by atoms with E-state index in [-0.39, 0.29) is 42.2 Å². The van der Waals surface area contributed by atoms with E-state index in [0.717, 1.165) is 57.3 Å². The fraction of sp³-hybridized carbons (Fsp3) is 0.609. The number of hydrogen-bond donors (Lipinski definition) is 2. The Morgan fingerprint density at radius 1 is 1.03 bits per heavy atom. The molecule has 2 saturated heterocycles. The lowest BCUT2D eigenvalue weighted by molar-refractivity contribution is -0.137. The van der Waals surface area contributed by atoms with Gasteiger partial charge in [-0.25, -0.2) is 4.39 Å². The van der Waals surface area contributed by atoms with E-state index in [4.69, 9.17) is 14.6 Å². The minimum Gasteiger partial charge on any atom is -0.483 e. The summed E-state index contributed by atoms with van der Waals surface area (Å²) in [5.41, 5.74) is 1.00. The van der Waals surface area contributed by atoms with E-state index in [1.54, 1.807) is 12.1 Å². The third kappa shape index (κ3) is 6.41. The first kappa shape index (κ1) is 24.0. The van der Waals surface area contributed by atoms with Crippen LogP contribution in [-0.4, -0.2) is 73.2 Å². The summed E-state index contributed by atoms with van der Waals surface area (Å²) in [5.74, 6) is 0.0789. The minimum absolute atomic E-state index is 0.00851. The van der Waals surface area contributed by atoms with Gasteiger partial charge < -0.3 is 25.0 Å². The van der Waals surface area contributed by atoms with Crippen molar-refractivity contribution in [2.45, 2.75) is 50.7 Å². The van der Waals surface area contributed by atoms with Crippen LogP contribution in [-0.2, 0) is 19.1 Å². The number of hydrogen-bond acceptors (Lipinski definition) is 5. The lowest BCUT2D eigenvalue weighted by Gasteiger charge is -2.39. The van der Waals surface area contributed by atoms with Crippen molar-refractivity contribution in [1.82, 2.24) is 10.2 Å². The predicted octanol–water partition coefficient (Wildman–Crippen LogP) is 2.03. The number of benzene rings is 1. The molecule has 0 radical (unpaired) electrons. The Kier molecular flexibility index (Phi) is 8.84. The van der Waals surface area contributed by atoms with Crippen LogP contribution in [0.2, 0.25) is 0 Å². The summed E-state index contributed by atoms with van der Waals surface area (Å²) in [5, 5.41) is 9.99. The zero-order valence-corrected chi connectivity index (χ0v) is 18.2. The topological polar surface area (TPSA) is 99.2 Å². The Labute approximate surface area is 187 Å². The molecule has 0 spiro atoms. The molecule has 1 aliphatic carbocycles. The molecule has 0 aromatic heterocycles. The van der Waals surface area contributed by atoms with Gasteiger partial charge in [-0.2, -0.15) is 0 Å². The van der Waals surface area contributed by atoms with Gasteiger partial charge >= 0.3 is 0 Å². The number of nitrogens with zero attached hydrogens (tertiary/aromatic N) is 2.